The van der Waals surface area contributed by atoms with Crippen molar-refractivity contribution in [2.45, 2.75) is 20.3 Å². The number of carbonyl (C=O) groups excluding carboxylic acids is 1. The van der Waals surface area contributed by atoms with Crippen LogP contribution in [-0.2, 0) is 4.79 Å². The molecule has 6 heteroatoms. The van der Waals surface area contributed by atoms with Gasteiger partial charge in [-0.05, 0) is 18.9 Å². The van der Waals surface area contributed by atoms with E-state index in [1.165, 1.54) is 0 Å². The van der Waals surface area contributed by atoms with Crippen LogP contribution in [0.15, 0.2) is 12.1 Å². The third-order valence-corrected chi connectivity index (χ3v) is 4.00. The monoisotopic (exact) mass is 286 g/mol. The SMILES string of the molecule is CC(C)C1(C(=O)Nc2cc(F)c(F)cc2F)CCNC1. The Morgan fingerprint density at radius 3 is 2.45 bits per heavy atom. The van der Waals surface area contributed by atoms with Crippen molar-refractivity contribution >= 4 is 11.6 Å². The van der Waals surface area contributed by atoms with E-state index in [1.54, 1.807) is 0 Å². The Labute approximate surface area is 115 Å². The molecule has 1 unspecified atom stereocenters. The van der Waals surface area contributed by atoms with Gasteiger partial charge in [0.1, 0.15) is 5.82 Å². The molecule has 3 nitrogen and oxygen atoms in total. The van der Waals surface area contributed by atoms with Crippen molar-refractivity contribution in [1.29, 1.82) is 0 Å². The summed E-state index contributed by atoms with van der Waals surface area (Å²) in [5, 5.41) is 5.49. The summed E-state index contributed by atoms with van der Waals surface area (Å²) in [6.45, 7) is 5.01. The highest BCUT2D eigenvalue weighted by molar-refractivity contribution is 5.96. The van der Waals surface area contributed by atoms with E-state index in [2.05, 4.69) is 10.6 Å². The van der Waals surface area contributed by atoms with Gasteiger partial charge in [-0.1, -0.05) is 13.8 Å². The molecule has 1 aromatic rings. The molecular weight excluding hydrogens is 269 g/mol. The maximum atomic E-state index is 13.6. The van der Waals surface area contributed by atoms with Gasteiger partial charge in [-0.25, -0.2) is 13.2 Å². The minimum Gasteiger partial charge on any atom is -0.323 e. The van der Waals surface area contributed by atoms with E-state index < -0.39 is 22.9 Å². The fourth-order valence-corrected chi connectivity index (χ4v) is 2.53. The molecule has 0 bridgehead atoms. The first-order valence-electron chi connectivity index (χ1n) is 6.53. The Kier molecular flexibility index (Phi) is 4.04. The first-order chi connectivity index (χ1) is 9.36. The molecule has 2 N–H and O–H groups in total. The van der Waals surface area contributed by atoms with Gasteiger partial charge in [0.15, 0.2) is 11.6 Å². The molecule has 1 amide bonds. The van der Waals surface area contributed by atoms with Crippen molar-refractivity contribution in [3.05, 3.63) is 29.6 Å². The predicted molar refractivity (Wildman–Crippen MR) is 69.7 cm³/mol. The second kappa shape index (κ2) is 5.44. The third-order valence-electron chi connectivity index (χ3n) is 4.00. The summed E-state index contributed by atoms with van der Waals surface area (Å²) in [6.07, 6.45) is 0.627. The summed E-state index contributed by atoms with van der Waals surface area (Å²) in [7, 11) is 0. The zero-order chi connectivity index (χ0) is 14.9. The van der Waals surface area contributed by atoms with Crippen LogP contribution in [0.3, 0.4) is 0 Å². The Morgan fingerprint density at radius 1 is 1.25 bits per heavy atom. The Balaban J connectivity index is 2.25. The Morgan fingerprint density at radius 2 is 1.90 bits per heavy atom. The molecule has 1 aromatic carbocycles. The van der Waals surface area contributed by atoms with E-state index in [9.17, 15) is 18.0 Å². The molecule has 110 valence electrons. The topological polar surface area (TPSA) is 41.1 Å². The number of anilines is 1. The summed E-state index contributed by atoms with van der Waals surface area (Å²) >= 11 is 0. The van der Waals surface area contributed by atoms with Gasteiger partial charge in [-0.3, -0.25) is 4.79 Å². The maximum absolute atomic E-state index is 13.6. The highest BCUT2D eigenvalue weighted by atomic mass is 19.2. The van der Waals surface area contributed by atoms with Gasteiger partial charge < -0.3 is 10.6 Å². The van der Waals surface area contributed by atoms with Gasteiger partial charge >= 0.3 is 0 Å². The van der Waals surface area contributed by atoms with Crippen molar-refractivity contribution in [3.8, 4) is 0 Å². The zero-order valence-electron chi connectivity index (χ0n) is 11.4. The van der Waals surface area contributed by atoms with E-state index in [1.807, 2.05) is 13.8 Å². The van der Waals surface area contributed by atoms with Crippen LogP contribution in [0.25, 0.3) is 0 Å². The first kappa shape index (κ1) is 14.8. The molecule has 1 aliphatic heterocycles. The average Bonchev–Trinajstić information content (AvgIpc) is 2.86. The largest absolute Gasteiger partial charge is 0.323 e. The van der Waals surface area contributed by atoms with Crippen molar-refractivity contribution in [1.82, 2.24) is 5.32 Å². The quantitative estimate of drug-likeness (QED) is 0.839. The summed E-state index contributed by atoms with van der Waals surface area (Å²) in [6, 6.07) is 1.10. The fourth-order valence-electron chi connectivity index (χ4n) is 2.53. The van der Waals surface area contributed by atoms with Gasteiger partial charge in [0.05, 0.1) is 11.1 Å². The molecule has 0 aromatic heterocycles. The second-order valence-corrected chi connectivity index (χ2v) is 5.44. The van der Waals surface area contributed by atoms with Crippen LogP contribution in [0.5, 0.6) is 0 Å². The number of hydrogen-bond acceptors (Lipinski definition) is 2. The van der Waals surface area contributed by atoms with Gasteiger partial charge in [0, 0.05) is 18.7 Å². The van der Waals surface area contributed by atoms with Gasteiger partial charge in [-0.2, -0.15) is 0 Å². The number of hydrogen-bond donors (Lipinski definition) is 2. The van der Waals surface area contributed by atoms with Crippen LogP contribution in [0.4, 0.5) is 18.9 Å². The van der Waals surface area contributed by atoms with E-state index in [-0.39, 0.29) is 17.5 Å². The first-order valence-corrected chi connectivity index (χ1v) is 6.53. The molecule has 1 fully saturated rings. The smallest absolute Gasteiger partial charge is 0.232 e. The lowest BCUT2D eigenvalue weighted by molar-refractivity contribution is -0.126. The summed E-state index contributed by atoms with van der Waals surface area (Å²) in [5.74, 6) is -3.78. The number of nitrogens with one attached hydrogen (secondary N) is 2. The highest BCUT2D eigenvalue weighted by Gasteiger charge is 2.44. The molecule has 1 atom stereocenters. The molecule has 2 rings (SSSR count). The van der Waals surface area contributed by atoms with Crippen LogP contribution in [-0.4, -0.2) is 19.0 Å². The zero-order valence-corrected chi connectivity index (χ0v) is 11.4. The van der Waals surface area contributed by atoms with E-state index in [0.717, 1.165) is 0 Å². The molecular formula is C14H17F3N2O. The molecule has 20 heavy (non-hydrogen) atoms. The predicted octanol–water partition coefficient (Wildman–Crippen LogP) is 2.68. The van der Waals surface area contributed by atoms with Gasteiger partial charge in [0.2, 0.25) is 5.91 Å². The minimum atomic E-state index is -1.28. The molecule has 0 aliphatic carbocycles. The lowest BCUT2D eigenvalue weighted by Crippen LogP contribution is -2.42. The van der Waals surface area contributed by atoms with Crippen LogP contribution < -0.4 is 10.6 Å². The van der Waals surface area contributed by atoms with Crippen molar-refractivity contribution < 1.29 is 18.0 Å². The molecule has 0 saturated carbocycles. The van der Waals surface area contributed by atoms with E-state index >= 15 is 0 Å². The molecule has 1 aliphatic rings. The minimum absolute atomic E-state index is 0.0471. The normalized spacial score (nSPS) is 22.3. The number of carbonyl (C=O) groups is 1. The highest BCUT2D eigenvalue weighted by Crippen LogP contribution is 2.35. The lowest BCUT2D eigenvalue weighted by atomic mass is 9.75. The number of rotatable bonds is 3. The van der Waals surface area contributed by atoms with Crippen molar-refractivity contribution in [2.75, 3.05) is 18.4 Å². The van der Waals surface area contributed by atoms with E-state index in [0.29, 0.717) is 31.6 Å². The number of halogens is 3. The van der Waals surface area contributed by atoms with Gasteiger partial charge in [0.25, 0.3) is 0 Å². The standard InChI is InChI=1S/C14H17F3N2O/c1-8(2)14(3-4-18-7-14)13(20)19-12-6-10(16)9(15)5-11(12)17/h5-6,8,18H,3-4,7H2,1-2H3,(H,19,20). The summed E-state index contributed by atoms with van der Waals surface area (Å²) in [4.78, 5) is 12.4. The number of amides is 1. The van der Waals surface area contributed by atoms with Crippen LogP contribution in [0.1, 0.15) is 20.3 Å². The van der Waals surface area contributed by atoms with Crippen LogP contribution >= 0.6 is 0 Å². The lowest BCUT2D eigenvalue weighted by Gasteiger charge is -2.31. The van der Waals surface area contributed by atoms with Crippen molar-refractivity contribution in [2.24, 2.45) is 11.3 Å². The number of benzene rings is 1. The van der Waals surface area contributed by atoms with Crippen molar-refractivity contribution in [3.63, 3.8) is 0 Å². The molecule has 0 radical (unpaired) electrons. The third kappa shape index (κ3) is 2.52. The Bertz CT molecular complexity index is 525. The Hall–Kier alpha value is -1.56. The molecule has 1 heterocycles. The maximum Gasteiger partial charge on any atom is 0.232 e. The molecule has 1 saturated heterocycles. The van der Waals surface area contributed by atoms with Crippen LogP contribution in [0.2, 0.25) is 0 Å². The van der Waals surface area contributed by atoms with Crippen LogP contribution in [0, 0.1) is 28.8 Å². The van der Waals surface area contributed by atoms with Gasteiger partial charge in [-0.15, -0.1) is 0 Å². The fraction of sp³-hybridized carbons (Fsp3) is 0.500. The summed E-state index contributed by atoms with van der Waals surface area (Å²) in [5.41, 5.74) is -0.988. The second-order valence-electron chi connectivity index (χ2n) is 5.44. The average molecular weight is 286 g/mol. The van der Waals surface area contributed by atoms with E-state index in [4.69, 9.17) is 0 Å². The summed E-state index contributed by atoms with van der Waals surface area (Å²) < 4.78 is 39.6. The molecule has 0 spiro atoms.